The van der Waals surface area contributed by atoms with Gasteiger partial charge >= 0.3 is 0 Å². The highest BCUT2D eigenvalue weighted by atomic mass is 14.9. The fourth-order valence-electron chi connectivity index (χ4n) is 2.83. The number of rotatable bonds is 3. The van der Waals surface area contributed by atoms with Crippen molar-refractivity contribution in [2.24, 2.45) is 9.98 Å². The van der Waals surface area contributed by atoms with Gasteiger partial charge in [0.2, 0.25) is 0 Å². The molecule has 1 aliphatic carbocycles. The smallest absolute Gasteiger partial charge is 0.154 e. The van der Waals surface area contributed by atoms with E-state index in [2.05, 4.69) is 29.3 Å². The monoisotopic (exact) mass is 290 g/mol. The average Bonchev–Trinajstić information content (AvgIpc) is 2.61. The van der Waals surface area contributed by atoms with Gasteiger partial charge in [-0.3, -0.25) is 4.99 Å². The van der Waals surface area contributed by atoms with Crippen LogP contribution in [0.15, 0.2) is 70.6 Å². The van der Waals surface area contributed by atoms with Crippen molar-refractivity contribution in [1.82, 2.24) is 0 Å². The van der Waals surface area contributed by atoms with E-state index in [0.29, 0.717) is 6.04 Å². The van der Waals surface area contributed by atoms with Crippen molar-refractivity contribution < 1.29 is 0 Å². The summed E-state index contributed by atoms with van der Waals surface area (Å²) in [6, 6.07) is 20.9. The van der Waals surface area contributed by atoms with E-state index < -0.39 is 0 Å². The molecule has 0 bridgehead atoms. The molecular formula is C20H22N2. The first-order valence-electron chi connectivity index (χ1n) is 8.14. The van der Waals surface area contributed by atoms with Crippen molar-refractivity contribution in [3.05, 3.63) is 71.8 Å². The number of amidine groups is 1. The summed E-state index contributed by atoms with van der Waals surface area (Å²) in [6.45, 7) is 0. The Morgan fingerprint density at radius 2 is 1.45 bits per heavy atom. The molecule has 2 nitrogen and oxygen atoms in total. The second-order valence-corrected chi connectivity index (χ2v) is 5.78. The molecule has 1 saturated carbocycles. The Kier molecular flexibility index (Phi) is 5.14. The van der Waals surface area contributed by atoms with Crippen LogP contribution in [-0.2, 0) is 0 Å². The zero-order valence-electron chi connectivity index (χ0n) is 12.9. The SMILES string of the molecule is C(=NC(=NC1CCCCC1)c1ccccc1)c1ccccc1. The Labute approximate surface area is 132 Å². The minimum Gasteiger partial charge on any atom is -0.263 e. The van der Waals surface area contributed by atoms with E-state index >= 15 is 0 Å². The molecule has 2 aromatic rings. The number of benzene rings is 2. The average molecular weight is 290 g/mol. The van der Waals surface area contributed by atoms with Crippen molar-refractivity contribution in [3.63, 3.8) is 0 Å². The van der Waals surface area contributed by atoms with Crippen LogP contribution in [0.4, 0.5) is 0 Å². The van der Waals surface area contributed by atoms with Gasteiger partial charge in [-0.25, -0.2) is 4.99 Å². The van der Waals surface area contributed by atoms with E-state index in [-0.39, 0.29) is 0 Å². The van der Waals surface area contributed by atoms with Crippen LogP contribution in [0.2, 0.25) is 0 Å². The molecule has 1 aliphatic rings. The zero-order chi connectivity index (χ0) is 15.0. The number of nitrogens with zero attached hydrogens (tertiary/aromatic N) is 2. The second kappa shape index (κ2) is 7.69. The molecule has 112 valence electrons. The van der Waals surface area contributed by atoms with E-state index in [1.165, 1.54) is 32.1 Å². The molecule has 2 aromatic carbocycles. The fraction of sp³-hybridized carbons (Fsp3) is 0.300. The van der Waals surface area contributed by atoms with Crippen molar-refractivity contribution in [2.45, 2.75) is 38.1 Å². The molecule has 0 aromatic heterocycles. The summed E-state index contributed by atoms with van der Waals surface area (Å²) < 4.78 is 0. The van der Waals surface area contributed by atoms with E-state index in [0.717, 1.165) is 17.0 Å². The topological polar surface area (TPSA) is 24.7 Å². The molecule has 2 heteroatoms. The number of hydrogen-bond acceptors (Lipinski definition) is 1. The Balaban J connectivity index is 1.86. The Hall–Kier alpha value is -2.22. The lowest BCUT2D eigenvalue weighted by Crippen LogP contribution is -2.13. The maximum Gasteiger partial charge on any atom is 0.154 e. The number of hydrogen-bond donors (Lipinski definition) is 0. The predicted octanol–water partition coefficient (Wildman–Crippen LogP) is 4.89. The van der Waals surface area contributed by atoms with Crippen LogP contribution in [0, 0.1) is 0 Å². The molecule has 3 rings (SSSR count). The molecule has 1 fully saturated rings. The highest BCUT2D eigenvalue weighted by Gasteiger charge is 2.13. The third kappa shape index (κ3) is 4.14. The molecule has 0 atom stereocenters. The zero-order valence-corrected chi connectivity index (χ0v) is 12.9. The largest absolute Gasteiger partial charge is 0.263 e. The van der Waals surface area contributed by atoms with Crippen LogP contribution in [0.1, 0.15) is 43.2 Å². The van der Waals surface area contributed by atoms with E-state index in [4.69, 9.17) is 4.99 Å². The molecule has 0 radical (unpaired) electrons. The van der Waals surface area contributed by atoms with Gasteiger partial charge in [-0.2, -0.15) is 0 Å². The summed E-state index contributed by atoms with van der Waals surface area (Å²) in [5, 5.41) is 0. The highest BCUT2D eigenvalue weighted by molar-refractivity contribution is 6.05. The Morgan fingerprint density at radius 1 is 0.818 bits per heavy atom. The standard InChI is InChI=1S/C20H22N2/c1-4-10-17(11-5-1)16-21-20(18-12-6-2-7-13-18)22-19-14-8-3-9-15-19/h1-2,4-7,10-13,16,19H,3,8-9,14-15H2. The first kappa shape index (κ1) is 14.7. The first-order valence-corrected chi connectivity index (χ1v) is 8.14. The molecule has 22 heavy (non-hydrogen) atoms. The van der Waals surface area contributed by atoms with Crippen molar-refractivity contribution in [3.8, 4) is 0 Å². The lowest BCUT2D eigenvalue weighted by molar-refractivity contribution is 0.443. The molecule has 0 spiro atoms. The van der Waals surface area contributed by atoms with Gasteiger partial charge in [0.25, 0.3) is 0 Å². The lowest BCUT2D eigenvalue weighted by atomic mass is 9.96. The van der Waals surface area contributed by atoms with Gasteiger partial charge in [-0.05, 0) is 18.4 Å². The Morgan fingerprint density at radius 3 is 2.14 bits per heavy atom. The third-order valence-corrected chi connectivity index (χ3v) is 4.05. The van der Waals surface area contributed by atoms with Crippen molar-refractivity contribution in [1.29, 1.82) is 0 Å². The summed E-state index contributed by atoms with van der Waals surface area (Å²) in [7, 11) is 0. The summed E-state index contributed by atoms with van der Waals surface area (Å²) in [4.78, 5) is 9.62. The summed E-state index contributed by atoms with van der Waals surface area (Å²) >= 11 is 0. The molecule has 0 saturated heterocycles. The maximum absolute atomic E-state index is 4.94. The Bertz CT molecular complexity index is 623. The molecule has 0 aliphatic heterocycles. The first-order chi connectivity index (χ1) is 10.9. The molecule has 0 unspecified atom stereocenters. The van der Waals surface area contributed by atoms with Crippen LogP contribution < -0.4 is 0 Å². The summed E-state index contributed by atoms with van der Waals surface area (Å²) in [6.07, 6.45) is 8.22. The fourth-order valence-corrected chi connectivity index (χ4v) is 2.83. The molecule has 0 heterocycles. The normalized spacial score (nSPS) is 17.0. The van der Waals surface area contributed by atoms with Gasteiger partial charge in [0.1, 0.15) is 0 Å². The molecular weight excluding hydrogens is 268 g/mol. The predicted molar refractivity (Wildman–Crippen MR) is 93.9 cm³/mol. The minimum absolute atomic E-state index is 0.428. The van der Waals surface area contributed by atoms with Crippen LogP contribution in [0.5, 0.6) is 0 Å². The number of aliphatic imine (C=N–C) groups is 2. The van der Waals surface area contributed by atoms with Crippen molar-refractivity contribution in [2.75, 3.05) is 0 Å². The maximum atomic E-state index is 4.94. The van der Waals surface area contributed by atoms with Gasteiger partial charge in [0.05, 0.1) is 6.04 Å². The van der Waals surface area contributed by atoms with E-state index in [1.807, 2.05) is 42.6 Å². The highest BCUT2D eigenvalue weighted by Crippen LogP contribution is 2.21. The second-order valence-electron chi connectivity index (χ2n) is 5.78. The quantitative estimate of drug-likeness (QED) is 0.568. The van der Waals surface area contributed by atoms with Gasteiger partial charge in [0, 0.05) is 11.8 Å². The van der Waals surface area contributed by atoms with E-state index in [1.54, 1.807) is 0 Å². The van der Waals surface area contributed by atoms with E-state index in [9.17, 15) is 0 Å². The summed E-state index contributed by atoms with van der Waals surface area (Å²) in [5.74, 6) is 0.858. The third-order valence-electron chi connectivity index (χ3n) is 4.05. The van der Waals surface area contributed by atoms with Crippen LogP contribution in [-0.4, -0.2) is 18.1 Å². The summed E-state index contributed by atoms with van der Waals surface area (Å²) in [5.41, 5.74) is 2.20. The van der Waals surface area contributed by atoms with Gasteiger partial charge in [-0.15, -0.1) is 0 Å². The van der Waals surface area contributed by atoms with Crippen LogP contribution >= 0.6 is 0 Å². The molecule has 0 N–H and O–H groups in total. The van der Waals surface area contributed by atoms with Gasteiger partial charge in [0.15, 0.2) is 5.84 Å². The van der Waals surface area contributed by atoms with Crippen LogP contribution in [0.3, 0.4) is 0 Å². The molecule has 0 amide bonds. The van der Waals surface area contributed by atoms with Gasteiger partial charge in [-0.1, -0.05) is 79.9 Å². The minimum atomic E-state index is 0.428. The van der Waals surface area contributed by atoms with Gasteiger partial charge < -0.3 is 0 Å². The van der Waals surface area contributed by atoms with Crippen molar-refractivity contribution >= 4 is 12.1 Å². The van der Waals surface area contributed by atoms with Crippen LogP contribution in [0.25, 0.3) is 0 Å². The lowest BCUT2D eigenvalue weighted by Gasteiger charge is -2.18.